The Kier molecular flexibility index (Phi) is 6.24. The highest BCUT2D eigenvalue weighted by Crippen LogP contribution is 2.39. The number of methoxy groups -OCH3 is 2. The Balaban J connectivity index is 2.81. The van der Waals surface area contributed by atoms with Gasteiger partial charge in [-0.15, -0.1) is 0 Å². The second-order valence-corrected chi connectivity index (χ2v) is 6.96. The van der Waals surface area contributed by atoms with Gasteiger partial charge in [0.25, 0.3) is 0 Å². The Morgan fingerprint density at radius 1 is 0.960 bits per heavy atom. The van der Waals surface area contributed by atoms with Crippen molar-refractivity contribution < 1.29 is 19.1 Å². The molecule has 132 valence electrons. The maximum atomic E-state index is 12.5. The molecule has 25 heavy (non-hydrogen) atoms. The zero-order chi connectivity index (χ0) is 18.7. The number of benzene rings is 1. The number of nitrogens with zero attached hydrogens (tertiary/aromatic N) is 1. The summed E-state index contributed by atoms with van der Waals surface area (Å²) in [6.07, 6.45) is 6.65. The van der Waals surface area contributed by atoms with E-state index in [0.29, 0.717) is 0 Å². The molecule has 1 heterocycles. The van der Waals surface area contributed by atoms with Crippen LogP contribution >= 0.6 is 31.9 Å². The molecule has 0 unspecified atom stereocenters. The van der Waals surface area contributed by atoms with Crippen molar-refractivity contribution in [1.29, 1.82) is 0 Å². The summed E-state index contributed by atoms with van der Waals surface area (Å²) in [7, 11) is 2.54. The maximum Gasteiger partial charge on any atom is 0.355 e. The molecule has 0 amide bonds. The number of esters is 2. The Labute approximate surface area is 163 Å². The summed E-state index contributed by atoms with van der Waals surface area (Å²) in [6.45, 7) is 3.91. The molecule has 0 N–H and O–H groups in total. The van der Waals surface area contributed by atoms with Crippen LogP contribution in [0.2, 0.25) is 0 Å². The number of rotatable bonds is 3. The SMILES string of the molecule is COC(=O)C1=C(C(=O)OC)N(c2c(Br)cc(Br)c(C)c2C)C=CC=C1. The number of carbonyl (C=O) groups is 2. The largest absolute Gasteiger partial charge is 0.465 e. The minimum absolute atomic E-state index is 0.0878. The molecule has 2 rings (SSSR count). The van der Waals surface area contributed by atoms with Crippen LogP contribution in [0.25, 0.3) is 0 Å². The van der Waals surface area contributed by atoms with E-state index in [9.17, 15) is 9.59 Å². The first-order valence-corrected chi connectivity index (χ1v) is 8.92. The van der Waals surface area contributed by atoms with Crippen LogP contribution in [0.5, 0.6) is 0 Å². The average molecular weight is 471 g/mol. The first-order valence-electron chi connectivity index (χ1n) is 7.33. The summed E-state index contributed by atoms with van der Waals surface area (Å²) in [4.78, 5) is 26.3. The summed E-state index contributed by atoms with van der Waals surface area (Å²) in [5, 5.41) is 0. The van der Waals surface area contributed by atoms with Gasteiger partial charge in [-0.3, -0.25) is 0 Å². The molecular weight excluding hydrogens is 454 g/mol. The smallest absolute Gasteiger partial charge is 0.355 e. The Bertz CT molecular complexity index is 825. The van der Waals surface area contributed by atoms with Gasteiger partial charge in [0.05, 0.1) is 25.5 Å². The van der Waals surface area contributed by atoms with Gasteiger partial charge < -0.3 is 14.4 Å². The summed E-state index contributed by atoms with van der Waals surface area (Å²) >= 11 is 7.07. The quantitative estimate of drug-likeness (QED) is 0.616. The number of carbonyl (C=O) groups excluding carboxylic acids is 2. The maximum absolute atomic E-state index is 12.5. The van der Waals surface area contributed by atoms with E-state index in [4.69, 9.17) is 9.47 Å². The van der Waals surface area contributed by atoms with Crippen LogP contribution in [0, 0.1) is 13.8 Å². The predicted octanol–water partition coefficient (Wildman–Crippen LogP) is 4.32. The topological polar surface area (TPSA) is 55.8 Å². The highest BCUT2D eigenvalue weighted by Gasteiger charge is 2.29. The fourth-order valence-electron chi connectivity index (χ4n) is 2.46. The molecule has 1 aromatic carbocycles. The predicted molar refractivity (Wildman–Crippen MR) is 103 cm³/mol. The molecule has 0 fully saturated rings. The highest BCUT2D eigenvalue weighted by atomic mass is 79.9. The average Bonchev–Trinajstić information content (AvgIpc) is 2.81. The Hall–Kier alpha value is -1.86. The van der Waals surface area contributed by atoms with Crippen molar-refractivity contribution in [3.8, 4) is 0 Å². The minimum atomic E-state index is -0.636. The van der Waals surface area contributed by atoms with Gasteiger partial charge >= 0.3 is 11.9 Å². The van der Waals surface area contributed by atoms with Crippen LogP contribution in [0.1, 0.15) is 11.1 Å². The molecule has 1 aliphatic rings. The lowest BCUT2D eigenvalue weighted by Gasteiger charge is -2.27. The van der Waals surface area contributed by atoms with E-state index in [1.165, 1.54) is 20.3 Å². The van der Waals surface area contributed by atoms with Gasteiger partial charge in [-0.05, 0) is 59.1 Å². The second-order valence-electron chi connectivity index (χ2n) is 5.25. The molecule has 0 radical (unpaired) electrons. The van der Waals surface area contributed by atoms with Crippen molar-refractivity contribution in [1.82, 2.24) is 0 Å². The molecule has 0 bridgehead atoms. The third-order valence-electron chi connectivity index (χ3n) is 3.89. The van der Waals surface area contributed by atoms with E-state index >= 15 is 0 Å². The number of anilines is 1. The summed E-state index contributed by atoms with van der Waals surface area (Å²) in [6, 6.07) is 1.90. The molecule has 0 aliphatic carbocycles. The van der Waals surface area contributed by atoms with Crippen LogP contribution in [-0.2, 0) is 19.1 Å². The number of hydrogen-bond donors (Lipinski definition) is 0. The van der Waals surface area contributed by atoms with E-state index < -0.39 is 11.9 Å². The van der Waals surface area contributed by atoms with Crippen LogP contribution in [0.15, 0.2) is 50.7 Å². The van der Waals surface area contributed by atoms with Gasteiger partial charge in [-0.25, -0.2) is 9.59 Å². The van der Waals surface area contributed by atoms with Gasteiger partial charge in [0.1, 0.15) is 5.70 Å². The summed E-state index contributed by atoms with van der Waals surface area (Å²) < 4.78 is 11.4. The molecule has 0 spiro atoms. The number of allylic oxidation sites excluding steroid dienone is 2. The van der Waals surface area contributed by atoms with Crippen molar-refractivity contribution in [2.45, 2.75) is 13.8 Å². The minimum Gasteiger partial charge on any atom is -0.465 e. The number of hydrogen-bond acceptors (Lipinski definition) is 5. The lowest BCUT2D eigenvalue weighted by Crippen LogP contribution is -2.28. The third kappa shape index (κ3) is 3.72. The zero-order valence-corrected chi connectivity index (χ0v) is 17.4. The molecule has 0 atom stereocenters. The van der Waals surface area contributed by atoms with Gasteiger partial charge in [-0.1, -0.05) is 22.0 Å². The van der Waals surface area contributed by atoms with Crippen LogP contribution < -0.4 is 4.90 Å². The molecule has 0 aromatic heterocycles. The molecule has 0 saturated heterocycles. The Morgan fingerprint density at radius 3 is 2.20 bits per heavy atom. The zero-order valence-electron chi connectivity index (χ0n) is 14.2. The lowest BCUT2D eigenvalue weighted by atomic mass is 10.1. The van der Waals surface area contributed by atoms with Gasteiger partial charge in [0.2, 0.25) is 0 Å². The number of ether oxygens (including phenoxy) is 2. The second kappa shape index (κ2) is 8.01. The van der Waals surface area contributed by atoms with Crippen molar-refractivity contribution >= 4 is 49.5 Å². The standard InChI is InChI=1S/C18H17Br2NO4/c1-10-11(2)15(14(20)9-13(10)19)21-8-6-5-7-12(17(22)24-3)16(21)18(23)25-4/h5-9H,1-4H3. The fraction of sp³-hybridized carbons (Fsp3) is 0.222. The van der Waals surface area contributed by atoms with E-state index in [1.54, 1.807) is 23.3 Å². The highest BCUT2D eigenvalue weighted by molar-refractivity contribution is 9.11. The summed E-state index contributed by atoms with van der Waals surface area (Å²) in [5.41, 5.74) is 2.91. The molecular formula is C18H17Br2NO4. The van der Waals surface area contributed by atoms with Gasteiger partial charge in [0.15, 0.2) is 0 Å². The van der Waals surface area contributed by atoms with Crippen molar-refractivity contribution in [3.05, 3.63) is 61.8 Å². The van der Waals surface area contributed by atoms with Crippen molar-refractivity contribution in [3.63, 3.8) is 0 Å². The van der Waals surface area contributed by atoms with E-state index in [0.717, 1.165) is 25.8 Å². The van der Waals surface area contributed by atoms with Gasteiger partial charge in [0, 0.05) is 15.1 Å². The molecule has 1 aromatic rings. The Morgan fingerprint density at radius 2 is 1.60 bits per heavy atom. The molecule has 5 nitrogen and oxygen atoms in total. The monoisotopic (exact) mass is 469 g/mol. The fourth-order valence-corrected chi connectivity index (χ4v) is 4.01. The molecule has 0 saturated carbocycles. The van der Waals surface area contributed by atoms with Crippen LogP contribution in [0.4, 0.5) is 5.69 Å². The third-order valence-corrected chi connectivity index (χ3v) is 5.31. The van der Waals surface area contributed by atoms with Crippen LogP contribution in [-0.4, -0.2) is 26.2 Å². The first-order chi connectivity index (χ1) is 11.8. The van der Waals surface area contributed by atoms with E-state index in [-0.39, 0.29) is 11.3 Å². The molecule has 1 aliphatic heterocycles. The van der Waals surface area contributed by atoms with Crippen molar-refractivity contribution in [2.75, 3.05) is 19.1 Å². The number of halogens is 2. The van der Waals surface area contributed by atoms with Crippen molar-refractivity contribution in [2.24, 2.45) is 0 Å². The van der Waals surface area contributed by atoms with E-state index in [1.807, 2.05) is 19.9 Å². The normalized spacial score (nSPS) is 13.8. The van der Waals surface area contributed by atoms with Crippen LogP contribution in [0.3, 0.4) is 0 Å². The van der Waals surface area contributed by atoms with Gasteiger partial charge in [-0.2, -0.15) is 0 Å². The summed E-state index contributed by atoms with van der Waals surface area (Å²) in [5.74, 6) is -1.25. The van der Waals surface area contributed by atoms with E-state index in [2.05, 4.69) is 31.9 Å². The lowest BCUT2D eigenvalue weighted by molar-refractivity contribution is -0.139. The first kappa shape index (κ1) is 19.5. The molecule has 7 heteroatoms.